The molecule has 0 radical (unpaired) electrons. The van der Waals surface area contributed by atoms with E-state index >= 15 is 0 Å². The summed E-state index contributed by atoms with van der Waals surface area (Å²) in [6, 6.07) is 0.727. The fourth-order valence-electron chi connectivity index (χ4n) is 0.941. The standard InChI is InChI=1S/C7H5F3N2O2/c1-3-2-4(5(8)9)6(10)11-7(3)12(13)14/h2,5H,1H3. The molecule has 0 aliphatic carbocycles. The van der Waals surface area contributed by atoms with Crippen molar-refractivity contribution in [1.82, 2.24) is 4.98 Å². The van der Waals surface area contributed by atoms with Crippen molar-refractivity contribution in [2.45, 2.75) is 13.3 Å². The molecule has 1 aromatic heterocycles. The van der Waals surface area contributed by atoms with Gasteiger partial charge in [-0.3, -0.25) is 0 Å². The van der Waals surface area contributed by atoms with Gasteiger partial charge in [-0.2, -0.15) is 4.39 Å². The fraction of sp³-hybridized carbons (Fsp3) is 0.286. The van der Waals surface area contributed by atoms with Crippen molar-refractivity contribution in [3.05, 3.63) is 33.3 Å². The van der Waals surface area contributed by atoms with E-state index in [1.54, 1.807) is 0 Å². The van der Waals surface area contributed by atoms with Crippen molar-refractivity contribution >= 4 is 5.82 Å². The van der Waals surface area contributed by atoms with Crippen molar-refractivity contribution in [1.29, 1.82) is 0 Å². The van der Waals surface area contributed by atoms with Crippen LogP contribution in [0.15, 0.2) is 6.07 Å². The number of aromatic nitrogens is 1. The Morgan fingerprint density at radius 1 is 1.57 bits per heavy atom. The van der Waals surface area contributed by atoms with Gasteiger partial charge < -0.3 is 10.1 Å². The monoisotopic (exact) mass is 206 g/mol. The molecule has 0 aliphatic rings. The fourth-order valence-corrected chi connectivity index (χ4v) is 0.941. The van der Waals surface area contributed by atoms with Gasteiger partial charge in [0.05, 0.1) is 5.56 Å². The van der Waals surface area contributed by atoms with E-state index in [9.17, 15) is 23.3 Å². The van der Waals surface area contributed by atoms with Crippen LogP contribution >= 0.6 is 0 Å². The SMILES string of the molecule is Cc1cc(C(F)F)c(F)nc1[N+](=O)[O-]. The lowest BCUT2D eigenvalue weighted by Gasteiger charge is -2.00. The number of hydrogen-bond acceptors (Lipinski definition) is 3. The van der Waals surface area contributed by atoms with Crippen LogP contribution in [-0.4, -0.2) is 9.91 Å². The Morgan fingerprint density at radius 2 is 2.14 bits per heavy atom. The maximum Gasteiger partial charge on any atom is 0.369 e. The Hall–Kier alpha value is -1.66. The molecule has 0 bridgehead atoms. The second-order valence-electron chi connectivity index (χ2n) is 2.57. The molecule has 0 aliphatic heterocycles. The topological polar surface area (TPSA) is 56.0 Å². The summed E-state index contributed by atoms with van der Waals surface area (Å²) in [5.74, 6) is -2.25. The number of nitro groups is 1. The lowest BCUT2D eigenvalue weighted by molar-refractivity contribution is -0.390. The van der Waals surface area contributed by atoms with Gasteiger partial charge in [0.1, 0.15) is 0 Å². The van der Waals surface area contributed by atoms with Crippen LogP contribution in [0.1, 0.15) is 17.6 Å². The molecule has 0 saturated heterocycles. The quantitative estimate of drug-likeness (QED) is 0.424. The molecular weight excluding hydrogens is 201 g/mol. The number of rotatable bonds is 2. The van der Waals surface area contributed by atoms with E-state index in [4.69, 9.17) is 0 Å². The van der Waals surface area contributed by atoms with Gasteiger partial charge in [-0.1, -0.05) is 0 Å². The molecule has 0 spiro atoms. The third kappa shape index (κ3) is 1.81. The van der Waals surface area contributed by atoms with Gasteiger partial charge in [-0.15, -0.1) is 0 Å². The van der Waals surface area contributed by atoms with Crippen LogP contribution in [0.2, 0.25) is 0 Å². The summed E-state index contributed by atoms with van der Waals surface area (Å²) in [6.45, 7) is 1.22. The smallest absolute Gasteiger partial charge is 0.358 e. The van der Waals surface area contributed by atoms with Crippen molar-refractivity contribution < 1.29 is 18.1 Å². The van der Waals surface area contributed by atoms with E-state index < -0.39 is 28.7 Å². The number of nitrogens with zero attached hydrogens (tertiary/aromatic N) is 2. The van der Waals surface area contributed by atoms with Gasteiger partial charge in [0.15, 0.2) is 0 Å². The van der Waals surface area contributed by atoms with Crippen molar-refractivity contribution in [2.75, 3.05) is 0 Å². The van der Waals surface area contributed by atoms with E-state index in [0.29, 0.717) is 0 Å². The lowest BCUT2D eigenvalue weighted by atomic mass is 10.2. The number of halogens is 3. The third-order valence-electron chi connectivity index (χ3n) is 1.58. The zero-order chi connectivity index (χ0) is 10.9. The number of hydrogen-bond donors (Lipinski definition) is 0. The van der Waals surface area contributed by atoms with Gasteiger partial charge in [0.2, 0.25) is 0 Å². The zero-order valence-electron chi connectivity index (χ0n) is 7.00. The molecule has 1 rings (SSSR count). The second kappa shape index (κ2) is 3.60. The molecule has 0 atom stereocenters. The second-order valence-corrected chi connectivity index (χ2v) is 2.57. The zero-order valence-corrected chi connectivity index (χ0v) is 7.00. The molecule has 76 valence electrons. The molecule has 0 aromatic carbocycles. The number of alkyl halides is 2. The predicted octanol–water partition coefficient (Wildman–Crippen LogP) is 2.37. The molecule has 0 unspecified atom stereocenters. The maximum absolute atomic E-state index is 12.7. The number of aryl methyl sites for hydroxylation is 1. The van der Waals surface area contributed by atoms with Crippen LogP contribution in [0.3, 0.4) is 0 Å². The normalized spacial score (nSPS) is 10.6. The van der Waals surface area contributed by atoms with E-state index in [1.807, 2.05) is 0 Å². The summed E-state index contributed by atoms with van der Waals surface area (Å²) >= 11 is 0. The largest absolute Gasteiger partial charge is 0.369 e. The summed E-state index contributed by atoms with van der Waals surface area (Å²) < 4.78 is 36.9. The Morgan fingerprint density at radius 3 is 2.57 bits per heavy atom. The summed E-state index contributed by atoms with van der Waals surface area (Å²) in [7, 11) is 0. The van der Waals surface area contributed by atoms with Crippen LogP contribution < -0.4 is 0 Å². The van der Waals surface area contributed by atoms with E-state index in [2.05, 4.69) is 4.98 Å². The molecule has 0 fully saturated rings. The summed E-state index contributed by atoms with van der Waals surface area (Å²) in [5.41, 5.74) is -1.01. The van der Waals surface area contributed by atoms with E-state index in [1.165, 1.54) is 6.92 Å². The first-order valence-electron chi connectivity index (χ1n) is 3.53. The molecule has 1 aromatic rings. The predicted molar refractivity (Wildman–Crippen MR) is 40.5 cm³/mol. The Balaban J connectivity index is 3.31. The maximum atomic E-state index is 12.7. The molecular formula is C7H5F3N2O2. The minimum atomic E-state index is -3.03. The van der Waals surface area contributed by atoms with Gasteiger partial charge in [0.25, 0.3) is 6.43 Å². The summed E-state index contributed by atoms with van der Waals surface area (Å²) in [5, 5.41) is 10.2. The van der Waals surface area contributed by atoms with Gasteiger partial charge in [-0.25, -0.2) is 8.78 Å². The lowest BCUT2D eigenvalue weighted by Crippen LogP contribution is -2.02. The minimum absolute atomic E-state index is 0.0910. The summed E-state index contributed by atoms with van der Waals surface area (Å²) in [6.07, 6.45) is -3.03. The Bertz CT molecular complexity index is 381. The highest BCUT2D eigenvalue weighted by molar-refractivity contribution is 5.34. The highest BCUT2D eigenvalue weighted by Gasteiger charge is 2.24. The summed E-state index contributed by atoms with van der Waals surface area (Å²) in [4.78, 5) is 12.2. The van der Waals surface area contributed by atoms with E-state index in [0.717, 1.165) is 6.07 Å². The van der Waals surface area contributed by atoms with Crippen molar-refractivity contribution in [3.8, 4) is 0 Å². The molecule has 0 saturated carbocycles. The average molecular weight is 206 g/mol. The first kappa shape index (κ1) is 10.4. The van der Waals surface area contributed by atoms with Crippen LogP contribution in [0.5, 0.6) is 0 Å². The first-order valence-corrected chi connectivity index (χ1v) is 3.53. The molecule has 4 nitrogen and oxygen atoms in total. The van der Waals surface area contributed by atoms with Crippen molar-refractivity contribution in [3.63, 3.8) is 0 Å². The van der Waals surface area contributed by atoms with Crippen LogP contribution in [-0.2, 0) is 0 Å². The highest BCUT2D eigenvalue weighted by Crippen LogP contribution is 2.25. The third-order valence-corrected chi connectivity index (χ3v) is 1.58. The molecule has 0 amide bonds. The molecule has 0 N–H and O–H groups in total. The van der Waals surface area contributed by atoms with E-state index in [-0.39, 0.29) is 5.56 Å². The van der Waals surface area contributed by atoms with Gasteiger partial charge >= 0.3 is 11.8 Å². The van der Waals surface area contributed by atoms with Gasteiger partial charge in [0, 0.05) is 5.56 Å². The first-order chi connectivity index (χ1) is 6.43. The number of pyridine rings is 1. The highest BCUT2D eigenvalue weighted by atomic mass is 19.3. The van der Waals surface area contributed by atoms with Crippen molar-refractivity contribution in [2.24, 2.45) is 0 Å². The van der Waals surface area contributed by atoms with Crippen LogP contribution in [0.25, 0.3) is 0 Å². The van der Waals surface area contributed by atoms with Gasteiger partial charge in [-0.05, 0) is 22.9 Å². The Kier molecular flexibility index (Phi) is 2.68. The minimum Gasteiger partial charge on any atom is -0.358 e. The molecule has 1 heterocycles. The molecule has 14 heavy (non-hydrogen) atoms. The average Bonchev–Trinajstić information content (AvgIpc) is 2.07. The van der Waals surface area contributed by atoms with Crippen LogP contribution in [0, 0.1) is 23.0 Å². The molecule has 7 heteroatoms. The Labute approximate surface area is 76.5 Å². The van der Waals surface area contributed by atoms with Crippen LogP contribution in [0.4, 0.5) is 19.0 Å².